The lowest BCUT2D eigenvalue weighted by atomic mass is 9.89. The lowest BCUT2D eigenvalue weighted by Gasteiger charge is -2.43. The molecule has 1 unspecified atom stereocenters. The molecule has 1 saturated heterocycles. The Bertz CT molecular complexity index is 1520. The molecular formula is C31H30F5N3O3. The van der Waals surface area contributed by atoms with E-state index in [4.69, 9.17) is 14.5 Å². The lowest BCUT2D eigenvalue weighted by Crippen LogP contribution is -2.46. The number of anilines is 2. The van der Waals surface area contributed by atoms with Gasteiger partial charge in [-0.25, -0.2) is 13.8 Å². The minimum absolute atomic E-state index is 0.0418. The summed E-state index contributed by atoms with van der Waals surface area (Å²) in [6.07, 6.45) is -3.85. The fraction of sp³-hybridized carbons (Fsp3) is 0.355. The molecule has 0 N–H and O–H groups in total. The van der Waals surface area contributed by atoms with Crippen LogP contribution in [0.3, 0.4) is 0 Å². The lowest BCUT2D eigenvalue weighted by molar-refractivity contribution is -0.141. The second-order valence-electron chi connectivity index (χ2n) is 10.4. The monoisotopic (exact) mass is 587 g/mol. The van der Waals surface area contributed by atoms with Gasteiger partial charge in [-0.15, -0.1) is 0 Å². The van der Waals surface area contributed by atoms with Crippen molar-refractivity contribution in [1.29, 1.82) is 0 Å². The number of nitrogens with zero attached hydrogens (tertiary/aromatic N) is 3. The van der Waals surface area contributed by atoms with Crippen LogP contribution in [-0.4, -0.2) is 39.1 Å². The van der Waals surface area contributed by atoms with Gasteiger partial charge in [-0.2, -0.15) is 13.2 Å². The Morgan fingerprint density at radius 3 is 2.38 bits per heavy atom. The fourth-order valence-electron chi connectivity index (χ4n) is 5.68. The maximum Gasteiger partial charge on any atom is 0.416 e. The van der Waals surface area contributed by atoms with Crippen molar-refractivity contribution in [3.63, 3.8) is 0 Å². The maximum absolute atomic E-state index is 15.2. The van der Waals surface area contributed by atoms with E-state index < -0.39 is 29.6 Å². The van der Waals surface area contributed by atoms with E-state index in [1.807, 2.05) is 0 Å². The highest BCUT2D eigenvalue weighted by Gasteiger charge is 2.41. The molecule has 1 fully saturated rings. The molecule has 2 aliphatic rings. The Morgan fingerprint density at radius 2 is 1.74 bits per heavy atom. The number of aryl methyl sites for hydroxylation is 1. The second-order valence-corrected chi connectivity index (χ2v) is 10.4. The van der Waals surface area contributed by atoms with Crippen LogP contribution in [0.1, 0.15) is 42.0 Å². The highest BCUT2D eigenvalue weighted by Crippen LogP contribution is 2.47. The molecule has 0 radical (unpaired) electrons. The van der Waals surface area contributed by atoms with Crippen molar-refractivity contribution in [3.05, 3.63) is 82.9 Å². The average Bonchev–Trinajstić information content (AvgIpc) is 2.98. The SMILES string of the molecule is COC(=O)CC1c2cccc(F)c2N=C(C2CCN(c3ccc(F)c(C)c3)CC2)N1c1cc(C(F)(F)F)ccc1OC. The summed E-state index contributed by atoms with van der Waals surface area (Å²) in [6, 6.07) is 11.5. The number of methoxy groups -OCH3 is 2. The number of esters is 1. The largest absolute Gasteiger partial charge is 0.495 e. The molecule has 3 aromatic carbocycles. The number of hydrogen-bond acceptors (Lipinski definition) is 6. The van der Waals surface area contributed by atoms with E-state index in [0.29, 0.717) is 42.9 Å². The van der Waals surface area contributed by atoms with Crippen molar-refractivity contribution in [1.82, 2.24) is 0 Å². The second kappa shape index (κ2) is 11.6. The summed E-state index contributed by atoms with van der Waals surface area (Å²) in [5.74, 6) is -1.33. The van der Waals surface area contributed by atoms with Crippen LogP contribution in [-0.2, 0) is 15.7 Å². The average molecular weight is 588 g/mol. The number of halogens is 5. The number of fused-ring (bicyclic) bond motifs is 1. The van der Waals surface area contributed by atoms with E-state index >= 15 is 4.39 Å². The molecule has 0 saturated carbocycles. The normalized spacial score (nSPS) is 17.5. The smallest absolute Gasteiger partial charge is 0.416 e. The summed E-state index contributed by atoms with van der Waals surface area (Å²) in [5, 5.41) is 0. The molecule has 11 heteroatoms. The van der Waals surface area contributed by atoms with Crippen LogP contribution < -0.4 is 14.5 Å². The molecule has 2 heterocycles. The number of hydrogen-bond donors (Lipinski definition) is 0. The molecule has 1 atom stereocenters. The summed E-state index contributed by atoms with van der Waals surface area (Å²) in [6.45, 7) is 2.79. The van der Waals surface area contributed by atoms with Gasteiger partial charge in [-0.3, -0.25) is 4.79 Å². The van der Waals surface area contributed by atoms with Gasteiger partial charge in [0.1, 0.15) is 28.9 Å². The zero-order chi connectivity index (χ0) is 30.2. The molecule has 42 heavy (non-hydrogen) atoms. The van der Waals surface area contributed by atoms with Crippen LogP contribution in [0.4, 0.5) is 39.0 Å². The van der Waals surface area contributed by atoms with Gasteiger partial charge in [-0.05, 0) is 67.8 Å². The third kappa shape index (κ3) is 5.64. The zero-order valence-corrected chi connectivity index (χ0v) is 23.3. The topological polar surface area (TPSA) is 54.4 Å². The summed E-state index contributed by atoms with van der Waals surface area (Å²) in [7, 11) is 2.56. The first-order chi connectivity index (χ1) is 20.0. The number of amidine groups is 1. The molecule has 0 bridgehead atoms. The van der Waals surface area contributed by atoms with E-state index in [1.165, 1.54) is 38.5 Å². The van der Waals surface area contributed by atoms with Gasteiger partial charge in [0.05, 0.1) is 37.9 Å². The number of benzene rings is 3. The first-order valence-corrected chi connectivity index (χ1v) is 13.5. The van der Waals surface area contributed by atoms with E-state index in [9.17, 15) is 22.4 Å². The van der Waals surface area contributed by atoms with Gasteiger partial charge in [-0.1, -0.05) is 12.1 Å². The molecule has 0 aromatic heterocycles. The number of carbonyl (C=O) groups is 1. The van der Waals surface area contributed by atoms with Gasteiger partial charge in [0.25, 0.3) is 0 Å². The predicted octanol–water partition coefficient (Wildman–Crippen LogP) is 7.37. The van der Waals surface area contributed by atoms with Crippen LogP contribution in [0.15, 0.2) is 59.6 Å². The number of rotatable bonds is 6. The first kappa shape index (κ1) is 29.3. The number of ether oxygens (including phenoxy) is 2. The standard InChI is InChI=1S/C31H30F5N3O3/c1-18-15-21(8-9-23(18)32)38-13-11-19(12-14-38)30-37-29-22(5-4-6-24(29)33)25(17-28(40)42-3)39(30)26-16-20(31(34,35)36)7-10-27(26)41-2/h4-10,15-16,19,25H,11-14,17H2,1-3H3. The summed E-state index contributed by atoms with van der Waals surface area (Å²) in [5.41, 5.74) is 0.927. The van der Waals surface area contributed by atoms with Crippen molar-refractivity contribution >= 4 is 28.9 Å². The minimum atomic E-state index is -4.64. The zero-order valence-electron chi connectivity index (χ0n) is 23.3. The van der Waals surface area contributed by atoms with Crippen molar-refractivity contribution in [3.8, 4) is 5.75 Å². The van der Waals surface area contributed by atoms with Crippen molar-refractivity contribution in [2.75, 3.05) is 37.1 Å². The van der Waals surface area contributed by atoms with Gasteiger partial charge < -0.3 is 19.3 Å². The highest BCUT2D eigenvalue weighted by atomic mass is 19.4. The summed E-state index contributed by atoms with van der Waals surface area (Å²) in [4.78, 5) is 21.0. The van der Waals surface area contributed by atoms with Crippen molar-refractivity contribution in [2.45, 2.75) is 38.4 Å². The Morgan fingerprint density at radius 1 is 1.00 bits per heavy atom. The summed E-state index contributed by atoms with van der Waals surface area (Å²) >= 11 is 0. The molecule has 5 rings (SSSR count). The number of para-hydroxylation sites is 1. The molecule has 2 aliphatic heterocycles. The number of piperidine rings is 1. The quantitative estimate of drug-likeness (QED) is 0.223. The summed E-state index contributed by atoms with van der Waals surface area (Å²) < 4.78 is 81.2. The van der Waals surface area contributed by atoms with Gasteiger partial charge >= 0.3 is 12.1 Å². The minimum Gasteiger partial charge on any atom is -0.495 e. The molecule has 3 aromatic rings. The fourth-order valence-corrected chi connectivity index (χ4v) is 5.68. The number of aliphatic imine (C=N–C) groups is 1. The van der Waals surface area contributed by atoms with E-state index in [1.54, 1.807) is 30.0 Å². The van der Waals surface area contributed by atoms with Gasteiger partial charge in [0.15, 0.2) is 0 Å². The van der Waals surface area contributed by atoms with Gasteiger partial charge in [0.2, 0.25) is 0 Å². The Balaban J connectivity index is 1.61. The van der Waals surface area contributed by atoms with E-state index in [0.717, 1.165) is 17.8 Å². The van der Waals surface area contributed by atoms with E-state index in [2.05, 4.69) is 4.90 Å². The molecule has 0 amide bonds. The van der Waals surface area contributed by atoms with Crippen LogP contribution in [0.5, 0.6) is 5.75 Å². The number of carbonyl (C=O) groups excluding carboxylic acids is 1. The predicted molar refractivity (Wildman–Crippen MR) is 149 cm³/mol. The van der Waals surface area contributed by atoms with Gasteiger partial charge in [0, 0.05) is 30.3 Å². The van der Waals surface area contributed by atoms with Crippen LogP contribution in [0.2, 0.25) is 0 Å². The number of alkyl halides is 3. The van der Waals surface area contributed by atoms with Crippen molar-refractivity contribution in [2.24, 2.45) is 10.9 Å². The Labute approximate surface area is 240 Å². The first-order valence-electron chi connectivity index (χ1n) is 13.5. The van der Waals surface area contributed by atoms with Crippen molar-refractivity contribution < 1.29 is 36.2 Å². The highest BCUT2D eigenvalue weighted by molar-refractivity contribution is 6.05. The van der Waals surface area contributed by atoms with E-state index in [-0.39, 0.29) is 35.3 Å². The Hall–Kier alpha value is -4.15. The molecular weight excluding hydrogens is 557 g/mol. The third-order valence-electron chi connectivity index (χ3n) is 7.88. The van der Waals surface area contributed by atoms with Crippen LogP contribution in [0.25, 0.3) is 0 Å². The third-order valence-corrected chi connectivity index (χ3v) is 7.88. The molecule has 0 spiro atoms. The molecule has 0 aliphatic carbocycles. The molecule has 222 valence electrons. The van der Waals surface area contributed by atoms with Crippen LogP contribution in [0, 0.1) is 24.5 Å². The maximum atomic E-state index is 15.2. The van der Waals surface area contributed by atoms with Crippen LogP contribution >= 0.6 is 0 Å². The Kier molecular flexibility index (Phi) is 8.12. The molecule has 6 nitrogen and oxygen atoms in total.